The van der Waals surface area contributed by atoms with Gasteiger partial charge in [0.15, 0.2) is 11.6 Å². The Hall–Kier alpha value is -5.97. The second-order valence-corrected chi connectivity index (χ2v) is 19.7. The number of hydrogen-bond donors (Lipinski definition) is 0. The number of nitrogens with zero attached hydrogens (tertiary/aromatic N) is 6. The van der Waals surface area contributed by atoms with E-state index in [1.807, 2.05) is 130 Å². The van der Waals surface area contributed by atoms with Crippen LogP contribution in [-0.2, 0) is 46.3 Å². The van der Waals surface area contributed by atoms with Gasteiger partial charge in [-0.2, -0.15) is 10.2 Å². The summed E-state index contributed by atoms with van der Waals surface area (Å²) in [6.45, 7) is 0. The summed E-state index contributed by atoms with van der Waals surface area (Å²) in [4.78, 5) is 0. The molecule has 11 heteroatoms. The Morgan fingerprint density at radius 3 is 0.800 bits per heavy atom. The maximum Gasteiger partial charge on any atom is 2.00 e. The van der Waals surface area contributed by atoms with Crippen LogP contribution < -0.4 is 21.2 Å². The van der Waals surface area contributed by atoms with Crippen LogP contribution in [0.4, 0.5) is 0 Å². The second kappa shape index (κ2) is 24.4. The van der Waals surface area contributed by atoms with Gasteiger partial charge >= 0.3 is 21.1 Å². The molecule has 2 heterocycles. The molecule has 6 nitrogen and oxygen atoms in total. The van der Waals surface area contributed by atoms with E-state index in [1.54, 1.807) is 0 Å². The first-order valence-electron chi connectivity index (χ1n) is 20.9. The summed E-state index contributed by atoms with van der Waals surface area (Å²) in [6, 6.07) is 83.8. The molecule has 0 atom stereocenters. The zero-order chi connectivity index (χ0) is 43.8. The van der Waals surface area contributed by atoms with Crippen LogP contribution in [0.2, 0.25) is 0 Å². The Balaban J connectivity index is 0.000000150. The van der Waals surface area contributed by atoms with Crippen molar-refractivity contribution >= 4 is 62.3 Å². The van der Waals surface area contributed by atoms with E-state index in [4.69, 9.17) is 25.3 Å². The molecule has 0 aliphatic rings. The minimum Gasteiger partial charge on any atom is -0.740 e. The van der Waals surface area contributed by atoms with Crippen molar-refractivity contribution in [3.05, 3.63) is 243 Å². The molecule has 0 spiro atoms. The Kier molecular flexibility index (Phi) is 17.6. The van der Waals surface area contributed by atoms with Gasteiger partial charge in [0, 0.05) is 32.8 Å². The maximum absolute atomic E-state index is 5.24. The molecule has 0 bridgehead atoms. The SMILES string of the molecule is [Pt+2].[S-]c1nnc(-c2ccccc2)n1-c1ccccc1.[S-]c1nnc(-c2ccccc2)n1-c1ccccc1.c1ccc(P(CCP(c2ccccc2)c2ccccc2)c2ccccc2)cc1. The van der Waals surface area contributed by atoms with Gasteiger partial charge in [-0.25, -0.2) is 0 Å². The van der Waals surface area contributed by atoms with Crippen LogP contribution in [0.15, 0.2) is 253 Å². The first kappa shape index (κ1) is 47.0. The first-order valence-corrected chi connectivity index (χ1v) is 24.7. The summed E-state index contributed by atoms with van der Waals surface area (Å²) in [6.07, 6.45) is 2.41. The molecule has 322 valence electrons. The molecule has 0 radical (unpaired) electrons. The van der Waals surface area contributed by atoms with Gasteiger partial charge in [-0.3, -0.25) is 9.13 Å². The maximum atomic E-state index is 5.24. The smallest absolute Gasteiger partial charge is 0.740 e. The van der Waals surface area contributed by atoms with Crippen LogP contribution in [0, 0.1) is 0 Å². The first-order chi connectivity index (χ1) is 31.6. The van der Waals surface area contributed by atoms with Gasteiger partial charge in [0.05, 0.1) is 0 Å². The molecule has 10 rings (SSSR count). The van der Waals surface area contributed by atoms with E-state index in [-0.39, 0.29) is 36.9 Å². The number of hydrogen-bond acceptors (Lipinski definition) is 6. The van der Waals surface area contributed by atoms with E-state index in [0.717, 1.165) is 34.2 Å². The van der Waals surface area contributed by atoms with Crippen molar-refractivity contribution in [3.8, 4) is 34.2 Å². The molecule has 0 fully saturated rings. The predicted molar refractivity (Wildman–Crippen MR) is 273 cm³/mol. The van der Waals surface area contributed by atoms with E-state index >= 15 is 0 Å². The number of aromatic nitrogens is 6. The van der Waals surface area contributed by atoms with Crippen LogP contribution in [0.3, 0.4) is 0 Å². The van der Waals surface area contributed by atoms with Gasteiger partial charge in [0.25, 0.3) is 0 Å². The van der Waals surface area contributed by atoms with Crippen LogP contribution in [0.5, 0.6) is 0 Å². The molecular weight excluding hydrogens is 1050 g/mol. The van der Waals surface area contributed by atoms with Gasteiger partial charge in [-0.15, -0.1) is 10.2 Å². The minimum atomic E-state index is -0.348. The molecule has 0 aliphatic carbocycles. The molecule has 8 aromatic carbocycles. The molecule has 0 saturated carbocycles. The quantitative estimate of drug-likeness (QED) is 0.0950. The van der Waals surface area contributed by atoms with E-state index < -0.39 is 0 Å². The number of rotatable bonds is 11. The second-order valence-electron chi connectivity index (χ2n) is 14.3. The molecule has 10 aromatic rings. The molecule has 0 amide bonds. The van der Waals surface area contributed by atoms with E-state index in [0.29, 0.717) is 10.3 Å². The van der Waals surface area contributed by atoms with Crippen LogP contribution in [0.25, 0.3) is 34.2 Å². The van der Waals surface area contributed by atoms with Crippen LogP contribution >= 0.6 is 15.8 Å². The predicted octanol–water partition coefficient (Wildman–Crippen LogP) is 10.9. The van der Waals surface area contributed by atoms with Crippen molar-refractivity contribution in [2.45, 2.75) is 10.3 Å². The summed E-state index contributed by atoms with van der Waals surface area (Å²) in [5.41, 5.74) is 3.97. The van der Waals surface area contributed by atoms with Crippen molar-refractivity contribution in [2.75, 3.05) is 12.3 Å². The summed E-state index contributed by atoms with van der Waals surface area (Å²) >= 11 is 10.5. The summed E-state index contributed by atoms with van der Waals surface area (Å²) in [5, 5.41) is 23.2. The van der Waals surface area contributed by atoms with Gasteiger partial charge in [0.2, 0.25) is 0 Å². The molecule has 0 unspecified atom stereocenters. The zero-order valence-electron chi connectivity index (χ0n) is 35.2. The van der Waals surface area contributed by atoms with E-state index in [9.17, 15) is 0 Å². The van der Waals surface area contributed by atoms with E-state index in [2.05, 4.69) is 142 Å². The van der Waals surface area contributed by atoms with Crippen molar-refractivity contribution in [1.82, 2.24) is 29.5 Å². The monoisotopic (exact) mass is 1100 g/mol. The minimum absolute atomic E-state index is 0. The normalized spacial score (nSPS) is 10.6. The summed E-state index contributed by atoms with van der Waals surface area (Å²) in [5.74, 6) is 1.54. The average molecular weight is 1100 g/mol. The Labute approximate surface area is 409 Å². The summed E-state index contributed by atoms with van der Waals surface area (Å²) < 4.78 is 3.76. The average Bonchev–Trinajstić information content (AvgIpc) is 3.97. The topological polar surface area (TPSA) is 61.4 Å². The van der Waals surface area contributed by atoms with Crippen molar-refractivity contribution in [2.24, 2.45) is 0 Å². The fourth-order valence-corrected chi connectivity index (χ4v) is 13.0. The largest absolute Gasteiger partial charge is 2.00 e. The van der Waals surface area contributed by atoms with Crippen LogP contribution in [0.1, 0.15) is 0 Å². The zero-order valence-corrected chi connectivity index (χ0v) is 40.9. The molecule has 0 saturated heterocycles. The molecule has 0 aliphatic heterocycles. The Morgan fingerprint density at radius 1 is 0.308 bits per heavy atom. The summed E-state index contributed by atoms with van der Waals surface area (Å²) in [7, 11) is -0.696. The standard InChI is InChI=1S/C26H24P2.2C14H11N3S.Pt/c1-5-13-23(14-6-1)27(24-15-7-2-8-16-24)21-22-28(25-17-9-3-10-18-25)26-19-11-4-12-20-26;2*18-14-16-15-13(11-7-3-1-4-8-11)17(14)12-9-5-2-6-10-12;/h1-20H,21-22H2;2*1-10H,(H,16,18);/q;;;+2/p-2. The number of benzene rings is 8. The van der Waals surface area contributed by atoms with Crippen molar-refractivity contribution < 1.29 is 21.1 Å². The van der Waals surface area contributed by atoms with E-state index in [1.165, 1.54) is 33.5 Å². The van der Waals surface area contributed by atoms with Gasteiger partial charge in [0.1, 0.15) is 0 Å². The molecule has 65 heavy (non-hydrogen) atoms. The van der Waals surface area contributed by atoms with Gasteiger partial charge in [-0.1, -0.05) is 218 Å². The molecule has 2 aromatic heterocycles. The van der Waals surface area contributed by atoms with Crippen LogP contribution in [-0.4, -0.2) is 41.9 Å². The fourth-order valence-electron chi connectivity index (χ4n) is 7.15. The molecular formula is C54H44N6P2PtS2. The van der Waals surface area contributed by atoms with Crippen molar-refractivity contribution in [1.29, 1.82) is 0 Å². The third kappa shape index (κ3) is 12.4. The third-order valence-corrected chi connectivity index (χ3v) is 16.1. The Bertz CT molecular complexity index is 2620. The van der Waals surface area contributed by atoms with Gasteiger partial charge < -0.3 is 25.3 Å². The van der Waals surface area contributed by atoms with Gasteiger partial charge in [-0.05, 0) is 73.7 Å². The number of para-hydroxylation sites is 2. The fraction of sp³-hybridized carbons (Fsp3) is 0.0370. The van der Waals surface area contributed by atoms with Crippen molar-refractivity contribution in [3.63, 3.8) is 0 Å². The Morgan fingerprint density at radius 2 is 0.538 bits per heavy atom. The molecule has 0 N–H and O–H groups in total. The third-order valence-electron chi connectivity index (χ3n) is 10.2.